The van der Waals surface area contributed by atoms with Gasteiger partial charge in [-0.1, -0.05) is 23.7 Å². The van der Waals surface area contributed by atoms with Crippen molar-refractivity contribution >= 4 is 34.9 Å². The topological polar surface area (TPSA) is 103 Å². The molecule has 3 aromatic carbocycles. The number of aryl methyl sites for hydroxylation is 1. The number of benzene rings is 3. The summed E-state index contributed by atoms with van der Waals surface area (Å²) in [6.45, 7) is 4.67. The molecule has 0 unspecified atom stereocenters. The lowest BCUT2D eigenvalue weighted by atomic mass is 9.97. The molecule has 1 aliphatic heterocycles. The Balaban J connectivity index is 1.47. The van der Waals surface area contributed by atoms with E-state index in [2.05, 4.69) is 10.4 Å². The maximum atomic E-state index is 14.0. The highest BCUT2D eigenvalue weighted by atomic mass is 35.5. The van der Waals surface area contributed by atoms with E-state index >= 15 is 0 Å². The molecule has 1 aromatic heterocycles. The first-order chi connectivity index (χ1) is 20.7. The van der Waals surface area contributed by atoms with E-state index in [0.29, 0.717) is 41.4 Å². The number of piperidine rings is 1. The number of ether oxygens (including phenoxy) is 2. The van der Waals surface area contributed by atoms with Crippen LogP contribution in [0.4, 0.5) is 15.8 Å². The lowest BCUT2D eigenvalue weighted by Gasteiger charge is -2.31. The lowest BCUT2D eigenvalue weighted by molar-refractivity contribution is -0.149. The van der Waals surface area contributed by atoms with E-state index in [-0.39, 0.29) is 48.1 Å². The quantitative estimate of drug-likeness (QED) is 0.236. The van der Waals surface area contributed by atoms with Crippen LogP contribution in [-0.4, -0.2) is 46.3 Å². The maximum absolute atomic E-state index is 14.0. The molecule has 0 spiro atoms. The molecule has 4 aromatic rings. The number of rotatable bonds is 8. The highest BCUT2D eigenvalue weighted by Gasteiger charge is 2.30. The third kappa shape index (κ3) is 6.86. The number of carbonyl (C=O) groups excluding carboxylic acids is 2. The first-order valence-electron chi connectivity index (χ1n) is 13.9. The van der Waals surface area contributed by atoms with Gasteiger partial charge in [-0.25, -0.2) is 4.39 Å². The fourth-order valence-corrected chi connectivity index (χ4v) is 5.02. The minimum Gasteiger partial charge on any atom is -0.466 e. The van der Waals surface area contributed by atoms with Crippen LogP contribution in [0.5, 0.6) is 11.5 Å². The van der Waals surface area contributed by atoms with Gasteiger partial charge in [0.15, 0.2) is 11.4 Å². The van der Waals surface area contributed by atoms with Crippen molar-refractivity contribution in [3.8, 4) is 17.2 Å². The van der Waals surface area contributed by atoms with Crippen LogP contribution in [0.1, 0.15) is 35.7 Å². The van der Waals surface area contributed by atoms with E-state index in [1.54, 1.807) is 60.4 Å². The molecule has 1 N–H and O–H groups in total. The van der Waals surface area contributed by atoms with Crippen molar-refractivity contribution < 1.29 is 23.5 Å². The van der Waals surface area contributed by atoms with Crippen LogP contribution >= 0.6 is 11.6 Å². The lowest BCUT2D eigenvalue weighted by Crippen LogP contribution is -2.42. The molecule has 1 fully saturated rings. The average Bonchev–Trinajstić information content (AvgIpc) is 3.01. The van der Waals surface area contributed by atoms with Gasteiger partial charge in [0.25, 0.3) is 11.5 Å². The number of anilines is 2. The van der Waals surface area contributed by atoms with Crippen molar-refractivity contribution in [2.24, 2.45) is 5.92 Å². The highest BCUT2D eigenvalue weighted by Crippen LogP contribution is 2.31. The summed E-state index contributed by atoms with van der Waals surface area (Å²) in [5.41, 5.74) is 1.26. The average molecular weight is 605 g/mol. The second-order valence-electron chi connectivity index (χ2n) is 10.1. The van der Waals surface area contributed by atoms with E-state index in [1.165, 1.54) is 24.4 Å². The molecule has 2 heterocycles. The Morgan fingerprint density at radius 3 is 2.70 bits per heavy atom. The number of halogens is 2. The molecule has 0 aliphatic carbocycles. The number of likely N-dealkylation sites (tertiary alicyclic amines) is 1. The van der Waals surface area contributed by atoms with Crippen LogP contribution in [0, 0.1) is 18.7 Å². The Bertz CT molecular complexity index is 1730. The van der Waals surface area contributed by atoms with Gasteiger partial charge in [0, 0.05) is 29.4 Å². The van der Waals surface area contributed by atoms with Crippen molar-refractivity contribution in [1.29, 1.82) is 0 Å². The van der Waals surface area contributed by atoms with Gasteiger partial charge < -0.3 is 19.7 Å². The fraction of sp³-hybridized carbons (Fsp3) is 0.250. The largest absolute Gasteiger partial charge is 0.466 e. The van der Waals surface area contributed by atoms with Crippen LogP contribution < -0.4 is 15.6 Å². The van der Waals surface area contributed by atoms with Crippen molar-refractivity contribution in [1.82, 2.24) is 14.7 Å². The zero-order valence-electron chi connectivity index (χ0n) is 23.7. The molecular formula is C32H30ClFN4O5. The van der Waals surface area contributed by atoms with Gasteiger partial charge in [0.1, 0.15) is 11.6 Å². The first kappa shape index (κ1) is 29.8. The molecule has 1 atom stereocenters. The van der Waals surface area contributed by atoms with E-state index < -0.39 is 11.4 Å². The van der Waals surface area contributed by atoms with Crippen LogP contribution in [0.2, 0.25) is 5.02 Å². The van der Waals surface area contributed by atoms with Gasteiger partial charge >= 0.3 is 5.97 Å². The van der Waals surface area contributed by atoms with Gasteiger partial charge in [-0.3, -0.25) is 14.4 Å². The van der Waals surface area contributed by atoms with E-state index in [0.717, 1.165) is 10.2 Å². The Morgan fingerprint density at radius 1 is 1.12 bits per heavy atom. The molecule has 222 valence electrons. The molecule has 5 rings (SSSR count). The zero-order chi connectivity index (χ0) is 30.5. The number of amides is 1. The predicted molar refractivity (Wildman–Crippen MR) is 161 cm³/mol. The Kier molecular flexibility index (Phi) is 9.06. The number of aromatic nitrogens is 2. The molecule has 1 amide bonds. The summed E-state index contributed by atoms with van der Waals surface area (Å²) in [5.74, 6) is -0.881. The maximum Gasteiger partial charge on any atom is 0.310 e. The molecule has 1 saturated heterocycles. The standard InChI is InChI=1S/C32H30ClFN4O5/c1-3-42-32(41)22-8-6-14-37(19-22)30(39)21-7-4-10-24(16-21)36-29-28(43-26-12-13-27(33)20(2)15-26)18-35-38(31(29)40)25-11-5-9-23(34)17-25/h4-5,7,9-13,15-18,22,36H,3,6,8,14,19H2,1-2H3/t22-/m1/s1. The number of nitrogens with zero attached hydrogens (tertiary/aromatic N) is 3. The van der Waals surface area contributed by atoms with E-state index in [1.807, 2.05) is 6.92 Å². The van der Waals surface area contributed by atoms with Gasteiger partial charge in [-0.15, -0.1) is 0 Å². The van der Waals surface area contributed by atoms with Crippen molar-refractivity contribution in [2.45, 2.75) is 26.7 Å². The Labute approximate surface area is 252 Å². The number of carbonyl (C=O) groups is 2. The smallest absolute Gasteiger partial charge is 0.310 e. The summed E-state index contributed by atoms with van der Waals surface area (Å²) >= 11 is 6.16. The number of hydrogen-bond donors (Lipinski definition) is 1. The molecule has 43 heavy (non-hydrogen) atoms. The van der Waals surface area contributed by atoms with Gasteiger partial charge in [-0.2, -0.15) is 9.78 Å². The van der Waals surface area contributed by atoms with E-state index in [9.17, 15) is 18.8 Å². The highest BCUT2D eigenvalue weighted by molar-refractivity contribution is 6.31. The molecule has 9 nitrogen and oxygen atoms in total. The fourth-order valence-electron chi connectivity index (χ4n) is 4.90. The van der Waals surface area contributed by atoms with E-state index in [4.69, 9.17) is 21.1 Å². The summed E-state index contributed by atoms with van der Waals surface area (Å²) in [6, 6.07) is 17.3. The predicted octanol–water partition coefficient (Wildman–Crippen LogP) is 6.28. The molecule has 0 radical (unpaired) electrons. The van der Waals surface area contributed by atoms with Gasteiger partial charge in [0.2, 0.25) is 0 Å². The third-order valence-corrected chi connectivity index (χ3v) is 7.48. The van der Waals surface area contributed by atoms with Crippen LogP contribution in [0.3, 0.4) is 0 Å². The van der Waals surface area contributed by atoms with Crippen molar-refractivity contribution in [3.63, 3.8) is 0 Å². The molecule has 0 saturated carbocycles. The number of hydrogen-bond acceptors (Lipinski definition) is 7. The van der Waals surface area contributed by atoms with Gasteiger partial charge in [0.05, 0.1) is 24.4 Å². The van der Waals surface area contributed by atoms with Crippen LogP contribution in [-0.2, 0) is 9.53 Å². The van der Waals surface area contributed by atoms with Crippen LogP contribution in [0.25, 0.3) is 5.69 Å². The third-order valence-electron chi connectivity index (χ3n) is 7.06. The summed E-state index contributed by atoms with van der Waals surface area (Å²) in [7, 11) is 0. The molecule has 11 heteroatoms. The number of esters is 1. The number of nitrogens with one attached hydrogen (secondary N) is 1. The minimum absolute atomic E-state index is 0.0248. The Hall–Kier alpha value is -4.70. The zero-order valence-corrected chi connectivity index (χ0v) is 24.4. The van der Waals surface area contributed by atoms with Crippen LogP contribution in [0.15, 0.2) is 77.7 Å². The molecule has 0 bridgehead atoms. The monoisotopic (exact) mass is 604 g/mol. The second-order valence-corrected chi connectivity index (χ2v) is 10.5. The summed E-state index contributed by atoms with van der Waals surface area (Å²) in [6.07, 6.45) is 2.71. The molecular weight excluding hydrogens is 575 g/mol. The SMILES string of the molecule is CCOC(=O)[C@@H]1CCCN(C(=O)c2cccc(Nc3c(Oc4ccc(Cl)c(C)c4)cnn(-c4cccc(F)c4)c3=O)c2)C1. The minimum atomic E-state index is -0.598. The molecule has 1 aliphatic rings. The summed E-state index contributed by atoms with van der Waals surface area (Å²) in [4.78, 5) is 41.1. The van der Waals surface area contributed by atoms with Crippen molar-refractivity contribution in [3.05, 3.63) is 105 Å². The summed E-state index contributed by atoms with van der Waals surface area (Å²) < 4.78 is 26.3. The van der Waals surface area contributed by atoms with Gasteiger partial charge in [-0.05, 0) is 86.8 Å². The first-order valence-corrected chi connectivity index (χ1v) is 14.3. The second kappa shape index (κ2) is 13.1. The normalized spacial score (nSPS) is 14.7. The Morgan fingerprint density at radius 2 is 1.93 bits per heavy atom. The summed E-state index contributed by atoms with van der Waals surface area (Å²) in [5, 5.41) is 7.87. The van der Waals surface area contributed by atoms with Crippen molar-refractivity contribution in [2.75, 3.05) is 25.0 Å².